The standard InChI is InChI=1S/C17H25N3O3/c1-13(19-8-10-20(11-9-19)14(2)21)17(22)18-12-15-6-4-5-7-16(15)23-3/h4-7,13H,8-12H2,1-3H3,(H,18,22). The number of hydrogen-bond donors (Lipinski definition) is 1. The predicted octanol–water partition coefficient (Wildman–Crippen LogP) is 0.864. The molecule has 2 amide bonds. The number of nitrogens with one attached hydrogen (secondary N) is 1. The van der Waals surface area contributed by atoms with Crippen LogP contribution in [0.3, 0.4) is 0 Å². The molecular formula is C17H25N3O3. The lowest BCUT2D eigenvalue weighted by Crippen LogP contribution is -2.54. The van der Waals surface area contributed by atoms with Crippen LogP contribution in [0.1, 0.15) is 19.4 Å². The maximum absolute atomic E-state index is 12.4. The smallest absolute Gasteiger partial charge is 0.237 e. The molecule has 1 saturated heterocycles. The summed E-state index contributed by atoms with van der Waals surface area (Å²) in [5, 5.41) is 2.96. The number of methoxy groups -OCH3 is 1. The van der Waals surface area contributed by atoms with Crippen molar-refractivity contribution >= 4 is 11.8 Å². The lowest BCUT2D eigenvalue weighted by Gasteiger charge is -2.37. The van der Waals surface area contributed by atoms with E-state index in [1.807, 2.05) is 36.1 Å². The lowest BCUT2D eigenvalue weighted by molar-refractivity contribution is -0.132. The quantitative estimate of drug-likeness (QED) is 0.874. The molecular weight excluding hydrogens is 294 g/mol. The highest BCUT2D eigenvalue weighted by Gasteiger charge is 2.26. The van der Waals surface area contributed by atoms with E-state index in [-0.39, 0.29) is 17.9 Å². The van der Waals surface area contributed by atoms with E-state index < -0.39 is 0 Å². The number of nitrogens with zero attached hydrogens (tertiary/aromatic N) is 2. The molecule has 1 heterocycles. The lowest BCUT2D eigenvalue weighted by atomic mass is 10.1. The van der Waals surface area contributed by atoms with Crippen LogP contribution in [0.4, 0.5) is 0 Å². The SMILES string of the molecule is COc1ccccc1CNC(=O)C(C)N1CCN(C(C)=O)CC1. The van der Waals surface area contributed by atoms with Crippen LogP contribution in [0.5, 0.6) is 5.75 Å². The molecule has 1 aliphatic rings. The van der Waals surface area contributed by atoms with Crippen LogP contribution in [-0.4, -0.2) is 60.9 Å². The van der Waals surface area contributed by atoms with Gasteiger partial charge in [-0.25, -0.2) is 0 Å². The highest BCUT2D eigenvalue weighted by Crippen LogP contribution is 2.17. The van der Waals surface area contributed by atoms with Crippen LogP contribution in [0.25, 0.3) is 0 Å². The third-order valence-electron chi connectivity index (χ3n) is 4.33. The van der Waals surface area contributed by atoms with Gasteiger partial charge in [0.05, 0.1) is 13.2 Å². The van der Waals surface area contributed by atoms with Gasteiger partial charge in [-0.2, -0.15) is 0 Å². The molecule has 1 aromatic rings. The van der Waals surface area contributed by atoms with Crippen LogP contribution in [0.2, 0.25) is 0 Å². The second-order valence-electron chi connectivity index (χ2n) is 5.75. The van der Waals surface area contributed by atoms with Crippen molar-refractivity contribution in [2.24, 2.45) is 0 Å². The fourth-order valence-electron chi connectivity index (χ4n) is 2.77. The summed E-state index contributed by atoms with van der Waals surface area (Å²) in [6.07, 6.45) is 0. The molecule has 126 valence electrons. The van der Waals surface area contributed by atoms with E-state index >= 15 is 0 Å². The Hall–Kier alpha value is -2.08. The molecule has 23 heavy (non-hydrogen) atoms. The van der Waals surface area contributed by atoms with Crippen molar-refractivity contribution < 1.29 is 14.3 Å². The molecule has 0 aromatic heterocycles. The van der Waals surface area contributed by atoms with E-state index in [1.165, 1.54) is 0 Å². The number of benzene rings is 1. The van der Waals surface area contributed by atoms with Crippen molar-refractivity contribution in [1.82, 2.24) is 15.1 Å². The van der Waals surface area contributed by atoms with Crippen molar-refractivity contribution in [3.8, 4) is 5.75 Å². The molecule has 2 rings (SSSR count). The topological polar surface area (TPSA) is 61.9 Å². The Kier molecular flexibility index (Phi) is 5.98. The van der Waals surface area contributed by atoms with Gasteiger partial charge in [0.25, 0.3) is 0 Å². The van der Waals surface area contributed by atoms with Crippen molar-refractivity contribution in [3.63, 3.8) is 0 Å². The van der Waals surface area contributed by atoms with Gasteiger partial charge in [-0.3, -0.25) is 14.5 Å². The zero-order valence-electron chi connectivity index (χ0n) is 14.0. The van der Waals surface area contributed by atoms with Crippen LogP contribution in [0.15, 0.2) is 24.3 Å². The number of ether oxygens (including phenoxy) is 1. The van der Waals surface area contributed by atoms with E-state index in [9.17, 15) is 9.59 Å². The first kappa shape index (κ1) is 17.3. The number of amides is 2. The molecule has 1 fully saturated rings. The second-order valence-corrected chi connectivity index (χ2v) is 5.75. The zero-order chi connectivity index (χ0) is 16.8. The maximum atomic E-state index is 12.4. The summed E-state index contributed by atoms with van der Waals surface area (Å²) in [5.74, 6) is 0.862. The van der Waals surface area contributed by atoms with Crippen molar-refractivity contribution in [2.75, 3.05) is 33.3 Å². The maximum Gasteiger partial charge on any atom is 0.237 e. The Morgan fingerprint density at radius 3 is 2.48 bits per heavy atom. The predicted molar refractivity (Wildman–Crippen MR) is 88.1 cm³/mol. The van der Waals surface area contributed by atoms with Crippen LogP contribution < -0.4 is 10.1 Å². The van der Waals surface area contributed by atoms with E-state index in [0.29, 0.717) is 19.6 Å². The van der Waals surface area contributed by atoms with Crippen LogP contribution in [0, 0.1) is 0 Å². The normalized spacial score (nSPS) is 16.7. The molecule has 6 nitrogen and oxygen atoms in total. The number of piperazine rings is 1. The van der Waals surface area contributed by atoms with Crippen LogP contribution >= 0.6 is 0 Å². The van der Waals surface area contributed by atoms with Gasteiger partial charge in [0, 0.05) is 45.2 Å². The van der Waals surface area contributed by atoms with E-state index in [4.69, 9.17) is 4.74 Å². The average molecular weight is 319 g/mol. The van der Waals surface area contributed by atoms with E-state index in [0.717, 1.165) is 24.4 Å². The Bertz CT molecular complexity index is 554. The summed E-state index contributed by atoms with van der Waals surface area (Å²) in [6, 6.07) is 7.44. The Morgan fingerprint density at radius 2 is 1.87 bits per heavy atom. The molecule has 0 saturated carbocycles. The molecule has 0 spiro atoms. The van der Waals surface area contributed by atoms with Gasteiger partial charge in [-0.1, -0.05) is 18.2 Å². The Morgan fingerprint density at radius 1 is 1.22 bits per heavy atom. The molecule has 1 N–H and O–H groups in total. The summed E-state index contributed by atoms with van der Waals surface area (Å²) < 4.78 is 5.29. The van der Waals surface area contributed by atoms with Crippen molar-refractivity contribution in [2.45, 2.75) is 26.4 Å². The third kappa shape index (κ3) is 4.45. The minimum atomic E-state index is -0.209. The number of hydrogen-bond acceptors (Lipinski definition) is 4. The first-order valence-electron chi connectivity index (χ1n) is 7.92. The molecule has 0 bridgehead atoms. The first-order valence-corrected chi connectivity index (χ1v) is 7.92. The van der Waals surface area contributed by atoms with E-state index in [2.05, 4.69) is 10.2 Å². The monoisotopic (exact) mass is 319 g/mol. The molecule has 6 heteroatoms. The summed E-state index contributed by atoms with van der Waals surface area (Å²) >= 11 is 0. The molecule has 1 unspecified atom stereocenters. The molecule has 1 atom stereocenters. The van der Waals surface area contributed by atoms with Gasteiger partial charge >= 0.3 is 0 Å². The molecule has 0 radical (unpaired) electrons. The fraction of sp³-hybridized carbons (Fsp3) is 0.529. The highest BCUT2D eigenvalue weighted by atomic mass is 16.5. The Balaban J connectivity index is 1.85. The fourth-order valence-corrected chi connectivity index (χ4v) is 2.77. The average Bonchev–Trinajstić information content (AvgIpc) is 2.59. The largest absolute Gasteiger partial charge is 0.496 e. The Labute approximate surface area is 137 Å². The summed E-state index contributed by atoms with van der Waals surface area (Å²) in [5.41, 5.74) is 0.956. The summed E-state index contributed by atoms with van der Waals surface area (Å²) in [6.45, 7) is 6.74. The van der Waals surface area contributed by atoms with Gasteiger partial charge in [0.1, 0.15) is 5.75 Å². The first-order chi connectivity index (χ1) is 11.0. The van der Waals surface area contributed by atoms with Gasteiger partial charge in [0.2, 0.25) is 11.8 Å². The zero-order valence-corrected chi connectivity index (χ0v) is 14.0. The summed E-state index contributed by atoms with van der Waals surface area (Å²) in [4.78, 5) is 27.6. The van der Waals surface area contributed by atoms with Crippen molar-refractivity contribution in [3.05, 3.63) is 29.8 Å². The van der Waals surface area contributed by atoms with Crippen LogP contribution in [-0.2, 0) is 16.1 Å². The second kappa shape index (κ2) is 7.97. The van der Waals surface area contributed by atoms with Gasteiger partial charge < -0.3 is 15.0 Å². The third-order valence-corrected chi connectivity index (χ3v) is 4.33. The van der Waals surface area contributed by atoms with Crippen molar-refractivity contribution in [1.29, 1.82) is 0 Å². The van der Waals surface area contributed by atoms with Gasteiger partial charge in [-0.15, -0.1) is 0 Å². The number of para-hydroxylation sites is 1. The number of carbonyl (C=O) groups is 2. The highest BCUT2D eigenvalue weighted by molar-refractivity contribution is 5.81. The minimum Gasteiger partial charge on any atom is -0.496 e. The summed E-state index contributed by atoms with van der Waals surface area (Å²) in [7, 11) is 1.62. The van der Waals surface area contributed by atoms with Gasteiger partial charge in [0.15, 0.2) is 0 Å². The molecule has 1 aliphatic heterocycles. The van der Waals surface area contributed by atoms with E-state index in [1.54, 1.807) is 14.0 Å². The minimum absolute atomic E-state index is 0.00724. The number of carbonyl (C=O) groups excluding carboxylic acids is 2. The molecule has 1 aromatic carbocycles. The van der Waals surface area contributed by atoms with Gasteiger partial charge in [-0.05, 0) is 13.0 Å². The molecule has 0 aliphatic carbocycles. The number of rotatable bonds is 5.